The van der Waals surface area contributed by atoms with Gasteiger partial charge < -0.3 is 4.90 Å². The predicted octanol–water partition coefficient (Wildman–Crippen LogP) is 4.59. The lowest BCUT2D eigenvalue weighted by molar-refractivity contribution is 0.0715. The number of fused-ring (bicyclic) bond motifs is 2. The first-order valence-electron chi connectivity index (χ1n) is 11.0. The summed E-state index contributed by atoms with van der Waals surface area (Å²) < 4.78 is 28.3. The van der Waals surface area contributed by atoms with Gasteiger partial charge >= 0.3 is 0 Å². The van der Waals surface area contributed by atoms with Crippen molar-refractivity contribution in [3.8, 4) is 0 Å². The van der Waals surface area contributed by atoms with Gasteiger partial charge in [0.05, 0.1) is 16.6 Å². The van der Waals surface area contributed by atoms with E-state index in [0.29, 0.717) is 18.5 Å². The number of sulfonamides is 1. The minimum atomic E-state index is -3.74. The van der Waals surface area contributed by atoms with E-state index in [-0.39, 0.29) is 16.8 Å². The number of anilines is 1. The molecule has 1 amide bonds. The molecule has 3 aromatic carbocycles. The molecule has 6 heteroatoms. The summed E-state index contributed by atoms with van der Waals surface area (Å²) in [7, 11) is -1.93. The van der Waals surface area contributed by atoms with Crippen LogP contribution in [0.5, 0.6) is 0 Å². The summed E-state index contributed by atoms with van der Waals surface area (Å²) in [4.78, 5) is 15.3. The number of carbonyl (C=O) groups is 1. The molecule has 0 fully saturated rings. The van der Waals surface area contributed by atoms with Crippen LogP contribution in [0.25, 0.3) is 0 Å². The van der Waals surface area contributed by atoms with Gasteiger partial charge in [-0.3, -0.25) is 9.10 Å². The summed E-state index contributed by atoms with van der Waals surface area (Å²) in [5, 5.41) is 0. The van der Waals surface area contributed by atoms with Gasteiger partial charge in [-0.2, -0.15) is 0 Å². The maximum absolute atomic E-state index is 13.4. The molecule has 5 nitrogen and oxygen atoms in total. The van der Waals surface area contributed by atoms with E-state index in [1.807, 2.05) is 43.4 Å². The Balaban J connectivity index is 1.44. The summed E-state index contributed by atoms with van der Waals surface area (Å²) in [6.45, 7) is 0.415. The van der Waals surface area contributed by atoms with Gasteiger partial charge in [0.15, 0.2) is 0 Å². The summed E-state index contributed by atoms with van der Waals surface area (Å²) in [6.07, 6.45) is 3.65. The average molecular weight is 447 g/mol. The van der Waals surface area contributed by atoms with Crippen LogP contribution in [0.15, 0.2) is 77.7 Å². The molecule has 1 aliphatic heterocycles. The number of aryl methyl sites for hydroxylation is 1. The van der Waals surface area contributed by atoms with Crippen LogP contribution in [-0.4, -0.2) is 32.8 Å². The van der Waals surface area contributed by atoms with Crippen LogP contribution >= 0.6 is 0 Å². The normalized spacial score (nSPS) is 17.5. The van der Waals surface area contributed by atoms with E-state index in [1.165, 1.54) is 21.5 Å². The summed E-state index contributed by atoms with van der Waals surface area (Å²) >= 11 is 0. The maximum atomic E-state index is 13.4. The largest absolute Gasteiger partial charge is 0.335 e. The molecule has 1 aliphatic carbocycles. The Kier molecular flexibility index (Phi) is 5.25. The summed E-state index contributed by atoms with van der Waals surface area (Å²) in [6, 6.07) is 22.3. The Labute approximate surface area is 189 Å². The SMILES string of the molecule is CN(C(=O)c1cccc(S(=O)(=O)N2CCc3ccccc32)c1)C1CCCc2ccccc21. The quantitative estimate of drug-likeness (QED) is 0.589. The number of para-hydroxylation sites is 1. The van der Waals surface area contributed by atoms with Crippen LogP contribution in [-0.2, 0) is 22.9 Å². The van der Waals surface area contributed by atoms with Crippen LogP contribution in [0.2, 0.25) is 0 Å². The molecule has 0 bridgehead atoms. The third kappa shape index (κ3) is 3.48. The Morgan fingerprint density at radius 2 is 1.69 bits per heavy atom. The first kappa shape index (κ1) is 20.8. The fourth-order valence-corrected chi connectivity index (χ4v) is 6.50. The van der Waals surface area contributed by atoms with Crippen LogP contribution in [0.4, 0.5) is 5.69 Å². The zero-order valence-corrected chi connectivity index (χ0v) is 18.9. The summed E-state index contributed by atoms with van der Waals surface area (Å²) in [5.74, 6) is -0.162. The fourth-order valence-electron chi connectivity index (χ4n) is 4.95. The van der Waals surface area contributed by atoms with E-state index >= 15 is 0 Å². The third-order valence-electron chi connectivity index (χ3n) is 6.64. The Bertz CT molecular complexity index is 1290. The molecule has 32 heavy (non-hydrogen) atoms. The van der Waals surface area contributed by atoms with Crippen molar-refractivity contribution in [3.63, 3.8) is 0 Å². The number of nitrogens with zero attached hydrogens (tertiary/aromatic N) is 2. The predicted molar refractivity (Wildman–Crippen MR) is 125 cm³/mol. The maximum Gasteiger partial charge on any atom is 0.264 e. The highest BCUT2D eigenvalue weighted by Gasteiger charge is 2.32. The van der Waals surface area contributed by atoms with Crippen LogP contribution in [0.1, 0.15) is 45.9 Å². The van der Waals surface area contributed by atoms with Gasteiger partial charge in [-0.1, -0.05) is 48.5 Å². The number of rotatable bonds is 4. The molecule has 0 saturated carbocycles. The monoisotopic (exact) mass is 446 g/mol. The highest BCUT2D eigenvalue weighted by molar-refractivity contribution is 7.92. The number of hydrogen-bond donors (Lipinski definition) is 0. The van der Waals surface area contributed by atoms with Crippen molar-refractivity contribution in [1.82, 2.24) is 4.90 Å². The number of amides is 1. The number of hydrogen-bond acceptors (Lipinski definition) is 3. The number of benzene rings is 3. The minimum Gasteiger partial charge on any atom is -0.335 e. The second-order valence-corrected chi connectivity index (χ2v) is 10.4. The van der Waals surface area contributed by atoms with Crippen molar-refractivity contribution in [2.45, 2.75) is 36.6 Å². The lowest BCUT2D eigenvalue weighted by Gasteiger charge is -2.33. The molecule has 5 rings (SSSR count). The molecule has 3 aromatic rings. The van der Waals surface area contributed by atoms with Crippen molar-refractivity contribution in [1.29, 1.82) is 0 Å². The molecule has 0 saturated heterocycles. The van der Waals surface area contributed by atoms with Gasteiger partial charge in [0.1, 0.15) is 0 Å². The molecule has 0 aromatic heterocycles. The van der Waals surface area contributed by atoms with Crippen molar-refractivity contribution >= 4 is 21.6 Å². The van der Waals surface area contributed by atoms with Crippen LogP contribution in [0, 0.1) is 0 Å². The van der Waals surface area contributed by atoms with Gasteiger partial charge in [-0.05, 0) is 66.6 Å². The highest BCUT2D eigenvalue weighted by atomic mass is 32.2. The molecule has 164 valence electrons. The fraction of sp³-hybridized carbons (Fsp3) is 0.269. The summed E-state index contributed by atoms with van der Waals surface area (Å²) in [5.41, 5.74) is 4.61. The smallest absolute Gasteiger partial charge is 0.264 e. The lowest BCUT2D eigenvalue weighted by atomic mass is 9.87. The van der Waals surface area contributed by atoms with Crippen molar-refractivity contribution < 1.29 is 13.2 Å². The molecule has 0 spiro atoms. The molecular formula is C26H26N2O3S. The van der Waals surface area contributed by atoms with Crippen LogP contribution in [0.3, 0.4) is 0 Å². The molecule has 0 N–H and O–H groups in total. The topological polar surface area (TPSA) is 57.7 Å². The molecule has 0 radical (unpaired) electrons. The molecule has 1 atom stereocenters. The second kappa shape index (κ2) is 8.10. The molecular weight excluding hydrogens is 420 g/mol. The lowest BCUT2D eigenvalue weighted by Crippen LogP contribution is -2.33. The first-order chi connectivity index (χ1) is 15.5. The van der Waals surface area contributed by atoms with Gasteiger partial charge in [0, 0.05) is 19.2 Å². The zero-order chi connectivity index (χ0) is 22.3. The van der Waals surface area contributed by atoms with Gasteiger partial charge in [-0.15, -0.1) is 0 Å². The van der Waals surface area contributed by atoms with Crippen LogP contribution < -0.4 is 4.31 Å². The first-order valence-corrected chi connectivity index (χ1v) is 12.5. The zero-order valence-electron chi connectivity index (χ0n) is 18.1. The van der Waals surface area contributed by atoms with Crippen molar-refractivity contribution in [2.75, 3.05) is 17.9 Å². The van der Waals surface area contributed by atoms with Gasteiger partial charge in [0.25, 0.3) is 15.9 Å². The van der Waals surface area contributed by atoms with E-state index < -0.39 is 10.0 Å². The van der Waals surface area contributed by atoms with Crippen molar-refractivity contribution in [2.24, 2.45) is 0 Å². The van der Waals surface area contributed by atoms with E-state index in [4.69, 9.17) is 0 Å². The van der Waals surface area contributed by atoms with E-state index in [2.05, 4.69) is 12.1 Å². The Morgan fingerprint density at radius 3 is 2.53 bits per heavy atom. The average Bonchev–Trinajstić information content (AvgIpc) is 3.28. The number of carbonyl (C=O) groups excluding carboxylic acids is 1. The molecule has 1 heterocycles. The van der Waals surface area contributed by atoms with E-state index in [9.17, 15) is 13.2 Å². The van der Waals surface area contributed by atoms with Gasteiger partial charge in [0.2, 0.25) is 0 Å². The van der Waals surface area contributed by atoms with E-state index in [1.54, 1.807) is 23.1 Å². The highest BCUT2D eigenvalue weighted by Crippen LogP contribution is 2.35. The van der Waals surface area contributed by atoms with E-state index in [0.717, 1.165) is 30.5 Å². The Hall–Kier alpha value is -3.12. The molecule has 1 unspecified atom stereocenters. The third-order valence-corrected chi connectivity index (χ3v) is 8.45. The van der Waals surface area contributed by atoms with Gasteiger partial charge in [-0.25, -0.2) is 8.42 Å². The molecule has 2 aliphatic rings. The second-order valence-electron chi connectivity index (χ2n) is 8.51. The standard InChI is InChI=1S/C26H26N2O3S/c1-27(25-15-7-10-19-8-2-4-13-23(19)25)26(29)21-11-6-12-22(18-21)32(30,31)28-17-16-20-9-3-5-14-24(20)28/h2-6,8-9,11-14,18,25H,7,10,15-17H2,1H3. The van der Waals surface area contributed by atoms with Crippen molar-refractivity contribution in [3.05, 3.63) is 95.1 Å². The Morgan fingerprint density at radius 1 is 0.938 bits per heavy atom. The minimum absolute atomic E-state index is 0.00169.